The molecule has 0 aromatic carbocycles. The van der Waals surface area contributed by atoms with Crippen molar-refractivity contribution in [1.82, 2.24) is 24.6 Å². The van der Waals surface area contributed by atoms with Crippen molar-refractivity contribution in [2.24, 2.45) is 0 Å². The van der Waals surface area contributed by atoms with Gasteiger partial charge >= 0.3 is 0 Å². The number of pyridine rings is 1. The molecule has 0 unspecified atom stereocenters. The number of hydrogen-bond acceptors (Lipinski definition) is 8. The second kappa shape index (κ2) is 7.18. The first-order valence-electron chi connectivity index (χ1n) is 7.61. The van der Waals surface area contributed by atoms with Crippen LogP contribution in [0.2, 0.25) is 5.02 Å². The first-order chi connectivity index (χ1) is 12.6. The van der Waals surface area contributed by atoms with Crippen LogP contribution in [0, 0.1) is 6.92 Å². The van der Waals surface area contributed by atoms with Gasteiger partial charge in [0.2, 0.25) is 5.89 Å². The lowest BCUT2D eigenvalue weighted by Crippen LogP contribution is -2.15. The Labute approximate surface area is 161 Å². The van der Waals surface area contributed by atoms with Crippen LogP contribution in [0.1, 0.15) is 22.3 Å². The van der Waals surface area contributed by atoms with Crippen LogP contribution in [-0.2, 0) is 12.2 Å². The minimum atomic E-state index is -0.182. The highest BCUT2D eigenvalue weighted by atomic mass is 35.5. The number of hydrogen-bond donors (Lipinski definition) is 0. The minimum absolute atomic E-state index is 0.182. The molecule has 132 valence electrons. The van der Waals surface area contributed by atoms with Crippen LogP contribution in [0.25, 0.3) is 5.65 Å². The lowest BCUT2D eigenvalue weighted by molar-refractivity contribution is 0.419. The molecular formula is C16H12ClN5O2S2. The zero-order valence-electron chi connectivity index (χ0n) is 13.5. The quantitative estimate of drug-likeness (QED) is 0.470. The Balaban J connectivity index is 1.46. The Morgan fingerprint density at radius 2 is 2.15 bits per heavy atom. The summed E-state index contributed by atoms with van der Waals surface area (Å²) in [5.41, 5.74) is 1.91. The fourth-order valence-electron chi connectivity index (χ4n) is 2.35. The average molecular weight is 406 g/mol. The summed E-state index contributed by atoms with van der Waals surface area (Å²) >= 11 is 8.83. The van der Waals surface area contributed by atoms with E-state index in [1.54, 1.807) is 29.7 Å². The van der Waals surface area contributed by atoms with Crippen molar-refractivity contribution >= 4 is 40.3 Å². The molecule has 0 saturated carbocycles. The zero-order valence-corrected chi connectivity index (χ0v) is 15.9. The van der Waals surface area contributed by atoms with Crippen LogP contribution in [0.5, 0.6) is 0 Å². The number of halogens is 1. The maximum Gasteiger partial charge on any atom is 0.276 e. The molecule has 0 aliphatic heterocycles. The third-order valence-electron chi connectivity index (χ3n) is 3.47. The van der Waals surface area contributed by atoms with Crippen molar-refractivity contribution in [1.29, 1.82) is 0 Å². The van der Waals surface area contributed by atoms with Crippen molar-refractivity contribution in [2.45, 2.75) is 24.3 Å². The fraction of sp³-hybridized carbons (Fsp3) is 0.188. The average Bonchev–Trinajstić information content (AvgIpc) is 3.23. The molecule has 0 saturated heterocycles. The van der Waals surface area contributed by atoms with E-state index in [-0.39, 0.29) is 5.56 Å². The van der Waals surface area contributed by atoms with Crippen molar-refractivity contribution in [2.75, 3.05) is 0 Å². The van der Waals surface area contributed by atoms with Gasteiger partial charge < -0.3 is 4.42 Å². The third kappa shape index (κ3) is 3.79. The summed E-state index contributed by atoms with van der Waals surface area (Å²) in [7, 11) is 0. The molecule has 0 radical (unpaired) electrons. The molecule has 26 heavy (non-hydrogen) atoms. The number of nitrogens with zero attached hydrogens (tertiary/aromatic N) is 5. The van der Waals surface area contributed by atoms with E-state index in [2.05, 4.69) is 20.2 Å². The molecule has 0 fully saturated rings. The van der Waals surface area contributed by atoms with Crippen LogP contribution >= 0.6 is 34.7 Å². The Morgan fingerprint density at radius 3 is 2.96 bits per heavy atom. The molecule has 0 aliphatic carbocycles. The largest absolute Gasteiger partial charge is 0.416 e. The van der Waals surface area contributed by atoms with Crippen LogP contribution in [0.3, 0.4) is 0 Å². The van der Waals surface area contributed by atoms with E-state index in [1.165, 1.54) is 22.2 Å². The number of fused-ring (bicyclic) bond motifs is 1. The lowest BCUT2D eigenvalue weighted by atomic mass is 10.3. The van der Waals surface area contributed by atoms with E-state index in [0.717, 1.165) is 10.7 Å². The Bertz CT molecular complexity index is 1140. The monoisotopic (exact) mass is 405 g/mol. The molecule has 4 rings (SSSR count). The standard InChI is InChI=1S/C16H12ClN5O2S2/c1-9-18-11(7-25-9)4-14-20-21-16(24-14)26-8-12-5-15(23)22-6-10(17)2-3-13(22)19-12/h2-3,5-7H,4,8H2,1H3. The number of rotatable bonds is 5. The molecule has 0 atom stereocenters. The van der Waals surface area contributed by atoms with Crippen molar-refractivity contribution < 1.29 is 4.42 Å². The molecule has 0 aliphatic rings. The molecule has 4 aromatic rings. The minimum Gasteiger partial charge on any atom is -0.416 e. The van der Waals surface area contributed by atoms with Gasteiger partial charge in [0.25, 0.3) is 10.8 Å². The van der Waals surface area contributed by atoms with Crippen LogP contribution in [-0.4, -0.2) is 24.6 Å². The summed E-state index contributed by atoms with van der Waals surface area (Å²) < 4.78 is 7.04. The summed E-state index contributed by atoms with van der Waals surface area (Å²) in [5.74, 6) is 0.963. The van der Waals surface area contributed by atoms with E-state index < -0.39 is 0 Å². The topological polar surface area (TPSA) is 86.2 Å². The van der Waals surface area contributed by atoms with Gasteiger partial charge in [0, 0.05) is 23.4 Å². The number of aryl methyl sites for hydroxylation is 1. The van der Waals surface area contributed by atoms with Gasteiger partial charge in [-0.3, -0.25) is 9.20 Å². The maximum atomic E-state index is 12.2. The van der Waals surface area contributed by atoms with Crippen LogP contribution in [0.15, 0.2) is 44.2 Å². The van der Waals surface area contributed by atoms with Crippen molar-refractivity contribution in [3.8, 4) is 0 Å². The molecule has 0 amide bonds. The molecule has 10 heteroatoms. The van der Waals surface area contributed by atoms with Gasteiger partial charge in [-0.15, -0.1) is 21.5 Å². The molecule has 4 aromatic heterocycles. The van der Waals surface area contributed by atoms with Crippen molar-refractivity contribution in [3.05, 3.63) is 67.4 Å². The number of thiazole rings is 1. The predicted molar refractivity (Wildman–Crippen MR) is 100.0 cm³/mol. The van der Waals surface area contributed by atoms with E-state index in [0.29, 0.717) is 39.7 Å². The van der Waals surface area contributed by atoms with Gasteiger partial charge in [0.15, 0.2) is 0 Å². The predicted octanol–water partition coefficient (Wildman–Crippen LogP) is 3.38. The van der Waals surface area contributed by atoms with Gasteiger partial charge in [0.1, 0.15) is 5.65 Å². The maximum absolute atomic E-state index is 12.2. The summed E-state index contributed by atoms with van der Waals surface area (Å²) in [5, 5.41) is 12.0. The highest BCUT2D eigenvalue weighted by molar-refractivity contribution is 7.98. The molecule has 0 spiro atoms. The molecule has 0 N–H and O–H groups in total. The smallest absolute Gasteiger partial charge is 0.276 e. The fourth-order valence-corrected chi connectivity index (χ4v) is 3.79. The Hall–Kier alpha value is -2.23. The van der Waals surface area contributed by atoms with E-state index >= 15 is 0 Å². The van der Waals surface area contributed by atoms with Crippen LogP contribution < -0.4 is 5.56 Å². The number of aromatic nitrogens is 5. The zero-order chi connectivity index (χ0) is 18.1. The first-order valence-corrected chi connectivity index (χ1v) is 9.85. The molecule has 4 heterocycles. The van der Waals surface area contributed by atoms with Crippen molar-refractivity contribution in [3.63, 3.8) is 0 Å². The Morgan fingerprint density at radius 1 is 1.27 bits per heavy atom. The highest BCUT2D eigenvalue weighted by Crippen LogP contribution is 2.22. The van der Waals surface area contributed by atoms with E-state index in [4.69, 9.17) is 16.0 Å². The van der Waals surface area contributed by atoms with Gasteiger partial charge in [-0.25, -0.2) is 9.97 Å². The van der Waals surface area contributed by atoms with Gasteiger partial charge in [-0.1, -0.05) is 23.4 Å². The van der Waals surface area contributed by atoms with E-state index in [1.807, 2.05) is 12.3 Å². The second-order valence-electron chi connectivity index (χ2n) is 5.45. The molecular weight excluding hydrogens is 394 g/mol. The van der Waals surface area contributed by atoms with Gasteiger partial charge in [0.05, 0.1) is 27.8 Å². The molecule has 7 nitrogen and oxygen atoms in total. The SMILES string of the molecule is Cc1nc(Cc2nnc(SCc3cc(=O)n4cc(Cl)ccc4n3)o2)cs1. The molecule has 0 bridgehead atoms. The highest BCUT2D eigenvalue weighted by Gasteiger charge is 2.11. The lowest BCUT2D eigenvalue weighted by Gasteiger charge is -2.03. The summed E-state index contributed by atoms with van der Waals surface area (Å²) in [4.78, 5) is 21.0. The first kappa shape index (κ1) is 17.2. The Kier molecular flexibility index (Phi) is 4.75. The normalized spacial score (nSPS) is 11.3. The van der Waals surface area contributed by atoms with Gasteiger partial charge in [-0.2, -0.15) is 0 Å². The summed E-state index contributed by atoms with van der Waals surface area (Å²) in [6, 6.07) is 4.88. The summed E-state index contributed by atoms with van der Waals surface area (Å²) in [6.45, 7) is 1.95. The third-order valence-corrected chi connectivity index (χ3v) is 5.37. The second-order valence-corrected chi connectivity index (χ2v) is 7.87. The van der Waals surface area contributed by atoms with E-state index in [9.17, 15) is 4.79 Å². The van der Waals surface area contributed by atoms with Gasteiger partial charge in [-0.05, 0) is 19.1 Å². The van der Waals surface area contributed by atoms with Crippen LogP contribution in [0.4, 0.5) is 0 Å². The number of thioether (sulfide) groups is 1. The summed E-state index contributed by atoms with van der Waals surface area (Å²) in [6.07, 6.45) is 2.06.